The van der Waals surface area contributed by atoms with Crippen molar-refractivity contribution in [2.45, 2.75) is 381 Å². The Kier molecular flexibility index (Phi) is 57.4. The summed E-state index contributed by atoms with van der Waals surface area (Å²) in [5.41, 5.74) is 0. The van der Waals surface area contributed by atoms with Crippen LogP contribution >= 0.6 is 0 Å². The van der Waals surface area contributed by atoms with E-state index in [4.69, 9.17) is 14.2 Å². The third-order valence-corrected chi connectivity index (χ3v) is 15.2. The lowest BCUT2D eigenvalue weighted by atomic mass is 10.0. The van der Waals surface area contributed by atoms with Crippen LogP contribution in [0.5, 0.6) is 0 Å². The summed E-state index contributed by atoms with van der Waals surface area (Å²) in [5, 5.41) is 0. The summed E-state index contributed by atoms with van der Waals surface area (Å²) in [6.07, 6.45) is 65.3. The molecule has 72 heavy (non-hydrogen) atoms. The van der Waals surface area contributed by atoms with Crippen molar-refractivity contribution in [3.05, 3.63) is 0 Å². The van der Waals surface area contributed by atoms with Crippen molar-refractivity contribution < 1.29 is 28.6 Å². The first-order valence-electron chi connectivity index (χ1n) is 32.7. The van der Waals surface area contributed by atoms with E-state index in [0.29, 0.717) is 19.3 Å². The molecule has 6 heteroatoms. The SMILES string of the molecule is CCCCCCCCCCCCCCCCCC(=O)OC[C@H](COC(=O)CCCCCCCCCCCCCCCCCCCCC(C)C)OC(=O)CCCCCCCCCCCCCCCCCC(C)C. The van der Waals surface area contributed by atoms with Gasteiger partial charge in [0.25, 0.3) is 0 Å². The van der Waals surface area contributed by atoms with E-state index < -0.39 is 6.10 Å². The van der Waals surface area contributed by atoms with Crippen LogP contribution in [0.15, 0.2) is 0 Å². The maximum atomic E-state index is 12.9. The van der Waals surface area contributed by atoms with E-state index >= 15 is 0 Å². The number of carbonyl (C=O) groups is 3. The monoisotopic (exact) mass is 1020 g/mol. The van der Waals surface area contributed by atoms with Gasteiger partial charge in [-0.1, -0.05) is 336 Å². The standard InChI is InChI=1S/C66H128O6/c1-6-7-8-9-10-11-12-13-19-26-31-36-41-46-51-56-64(67)70-59-63(72-66(69)58-53-48-43-38-33-28-23-18-21-25-30-35-40-45-50-55-62(4)5)60-71-65(68)57-52-47-42-37-32-27-22-17-15-14-16-20-24-29-34-39-44-49-54-61(2)3/h61-63H,6-60H2,1-5H3/t63-/m1/s1. The van der Waals surface area contributed by atoms with Gasteiger partial charge in [-0.3, -0.25) is 14.4 Å². The number of carbonyl (C=O) groups excluding carboxylic acids is 3. The molecule has 0 aliphatic carbocycles. The highest BCUT2D eigenvalue weighted by molar-refractivity contribution is 5.71. The summed E-state index contributed by atoms with van der Waals surface area (Å²) < 4.78 is 17.0. The lowest BCUT2D eigenvalue weighted by Gasteiger charge is -2.18. The molecule has 0 radical (unpaired) electrons. The molecule has 428 valence electrons. The van der Waals surface area contributed by atoms with Crippen LogP contribution in [0.3, 0.4) is 0 Å². The Morgan fingerprint density at radius 1 is 0.264 bits per heavy atom. The first-order chi connectivity index (χ1) is 35.2. The molecule has 0 aromatic heterocycles. The molecule has 0 fully saturated rings. The topological polar surface area (TPSA) is 78.9 Å². The second-order valence-electron chi connectivity index (χ2n) is 23.7. The van der Waals surface area contributed by atoms with Gasteiger partial charge < -0.3 is 14.2 Å². The fourth-order valence-corrected chi connectivity index (χ4v) is 10.3. The molecule has 0 aliphatic rings. The molecule has 0 unspecified atom stereocenters. The van der Waals surface area contributed by atoms with Crippen LogP contribution in [0.4, 0.5) is 0 Å². The van der Waals surface area contributed by atoms with Gasteiger partial charge in [-0.15, -0.1) is 0 Å². The molecule has 0 rings (SSSR count). The van der Waals surface area contributed by atoms with Crippen molar-refractivity contribution in [1.82, 2.24) is 0 Å². The third kappa shape index (κ3) is 59.3. The maximum Gasteiger partial charge on any atom is 0.306 e. The zero-order valence-electron chi connectivity index (χ0n) is 49.6. The Balaban J connectivity index is 4.26. The Labute approximate surface area is 450 Å². The Bertz CT molecular complexity index is 1100. The van der Waals surface area contributed by atoms with Gasteiger partial charge in [-0.25, -0.2) is 0 Å². The summed E-state index contributed by atoms with van der Waals surface area (Å²) in [6.45, 7) is 11.5. The smallest absolute Gasteiger partial charge is 0.306 e. The zero-order chi connectivity index (χ0) is 52.5. The van der Waals surface area contributed by atoms with Gasteiger partial charge in [-0.05, 0) is 31.1 Å². The first kappa shape index (κ1) is 70.4. The van der Waals surface area contributed by atoms with Gasteiger partial charge in [0.05, 0.1) is 0 Å². The van der Waals surface area contributed by atoms with E-state index in [2.05, 4.69) is 34.6 Å². The summed E-state index contributed by atoms with van der Waals surface area (Å²) >= 11 is 0. The van der Waals surface area contributed by atoms with Gasteiger partial charge >= 0.3 is 17.9 Å². The molecule has 0 N–H and O–H groups in total. The average Bonchev–Trinajstić information content (AvgIpc) is 3.36. The maximum absolute atomic E-state index is 12.9. The normalized spacial score (nSPS) is 12.0. The molecule has 0 spiro atoms. The number of unbranched alkanes of at least 4 members (excludes halogenated alkanes) is 45. The summed E-state index contributed by atoms with van der Waals surface area (Å²) in [4.78, 5) is 38.3. The van der Waals surface area contributed by atoms with Crippen LogP contribution in [0.1, 0.15) is 375 Å². The van der Waals surface area contributed by atoms with E-state index in [0.717, 1.165) is 69.6 Å². The Morgan fingerprint density at radius 3 is 0.681 bits per heavy atom. The molecule has 0 amide bonds. The average molecular weight is 1020 g/mol. The molecular formula is C66H128O6. The van der Waals surface area contributed by atoms with Gasteiger partial charge in [0, 0.05) is 19.3 Å². The van der Waals surface area contributed by atoms with E-state index in [1.165, 1.54) is 263 Å². The van der Waals surface area contributed by atoms with E-state index in [1.807, 2.05) is 0 Å². The fourth-order valence-electron chi connectivity index (χ4n) is 10.3. The van der Waals surface area contributed by atoms with Crippen LogP contribution in [-0.2, 0) is 28.6 Å². The second-order valence-corrected chi connectivity index (χ2v) is 23.7. The van der Waals surface area contributed by atoms with Crippen molar-refractivity contribution in [2.75, 3.05) is 13.2 Å². The molecule has 1 atom stereocenters. The van der Waals surface area contributed by atoms with Gasteiger partial charge in [0.1, 0.15) is 13.2 Å². The number of rotatable bonds is 60. The van der Waals surface area contributed by atoms with Crippen LogP contribution in [0.2, 0.25) is 0 Å². The predicted octanol–water partition coefficient (Wildman–Crippen LogP) is 22.0. The summed E-state index contributed by atoms with van der Waals surface area (Å²) in [7, 11) is 0. The Morgan fingerprint density at radius 2 is 0.458 bits per heavy atom. The fraction of sp³-hybridized carbons (Fsp3) is 0.955. The lowest BCUT2D eigenvalue weighted by molar-refractivity contribution is -0.167. The Hall–Kier alpha value is -1.59. The summed E-state index contributed by atoms with van der Waals surface area (Å²) in [6, 6.07) is 0. The zero-order valence-corrected chi connectivity index (χ0v) is 49.6. The van der Waals surface area contributed by atoms with Crippen LogP contribution < -0.4 is 0 Å². The molecule has 0 aromatic rings. The van der Waals surface area contributed by atoms with E-state index in [-0.39, 0.29) is 31.1 Å². The molecule has 0 heterocycles. The molecule has 0 aliphatic heterocycles. The number of hydrogen-bond acceptors (Lipinski definition) is 6. The van der Waals surface area contributed by atoms with Gasteiger partial charge in [0.2, 0.25) is 0 Å². The number of hydrogen-bond donors (Lipinski definition) is 0. The van der Waals surface area contributed by atoms with Gasteiger partial charge in [0.15, 0.2) is 6.10 Å². The first-order valence-corrected chi connectivity index (χ1v) is 32.7. The molecular weight excluding hydrogens is 889 g/mol. The molecule has 0 bridgehead atoms. The van der Waals surface area contributed by atoms with Crippen molar-refractivity contribution >= 4 is 17.9 Å². The van der Waals surface area contributed by atoms with E-state index in [1.54, 1.807) is 0 Å². The van der Waals surface area contributed by atoms with Crippen LogP contribution in [0, 0.1) is 11.8 Å². The van der Waals surface area contributed by atoms with Crippen molar-refractivity contribution in [3.8, 4) is 0 Å². The quantitative estimate of drug-likeness (QED) is 0.0343. The van der Waals surface area contributed by atoms with E-state index in [9.17, 15) is 14.4 Å². The van der Waals surface area contributed by atoms with Crippen molar-refractivity contribution in [3.63, 3.8) is 0 Å². The minimum atomic E-state index is -0.764. The highest BCUT2D eigenvalue weighted by Crippen LogP contribution is 2.19. The molecule has 0 aromatic carbocycles. The highest BCUT2D eigenvalue weighted by atomic mass is 16.6. The summed E-state index contributed by atoms with van der Waals surface area (Å²) in [5.74, 6) is 0.878. The lowest BCUT2D eigenvalue weighted by Crippen LogP contribution is -2.30. The predicted molar refractivity (Wildman–Crippen MR) is 312 cm³/mol. The number of ether oxygens (including phenoxy) is 3. The third-order valence-electron chi connectivity index (χ3n) is 15.2. The minimum absolute atomic E-state index is 0.0616. The molecule has 0 saturated carbocycles. The van der Waals surface area contributed by atoms with Gasteiger partial charge in [-0.2, -0.15) is 0 Å². The minimum Gasteiger partial charge on any atom is -0.462 e. The molecule has 0 saturated heterocycles. The molecule has 6 nitrogen and oxygen atoms in total. The van der Waals surface area contributed by atoms with Crippen molar-refractivity contribution in [1.29, 1.82) is 0 Å². The van der Waals surface area contributed by atoms with Crippen LogP contribution in [0.25, 0.3) is 0 Å². The highest BCUT2D eigenvalue weighted by Gasteiger charge is 2.19. The number of esters is 3. The second kappa shape index (κ2) is 58.7. The van der Waals surface area contributed by atoms with Crippen molar-refractivity contribution in [2.24, 2.45) is 11.8 Å². The largest absolute Gasteiger partial charge is 0.462 e. The van der Waals surface area contributed by atoms with Crippen LogP contribution in [-0.4, -0.2) is 37.2 Å².